The minimum Gasteiger partial charge on any atom is -0.493 e. The average Bonchev–Trinajstić information content (AvgIpc) is 2.81. The van der Waals surface area contributed by atoms with Crippen molar-refractivity contribution < 1.29 is 19.7 Å². The summed E-state index contributed by atoms with van der Waals surface area (Å²) in [5, 5.41) is 19.2. The fraction of sp³-hybridized carbons (Fsp3) is 0.267. The topological polar surface area (TPSA) is 84.0 Å². The predicted octanol–water partition coefficient (Wildman–Crippen LogP) is 3.47. The number of carboxylic acids is 1. The molecular weight excluding hydrogens is 336 g/mol. The second-order valence-corrected chi connectivity index (χ2v) is 6.34. The van der Waals surface area contributed by atoms with Crippen molar-refractivity contribution in [2.45, 2.75) is 13.0 Å². The summed E-state index contributed by atoms with van der Waals surface area (Å²) in [5.74, 6) is -0.945. The molecule has 0 unspecified atom stereocenters. The van der Waals surface area contributed by atoms with Crippen LogP contribution in [0.3, 0.4) is 0 Å². The molecule has 0 radical (unpaired) electrons. The van der Waals surface area contributed by atoms with E-state index in [1.54, 1.807) is 23.8 Å². The van der Waals surface area contributed by atoms with E-state index in [-0.39, 0.29) is 11.4 Å². The molecule has 2 aromatic rings. The lowest BCUT2D eigenvalue weighted by atomic mass is 10.2. The van der Waals surface area contributed by atoms with Crippen molar-refractivity contribution in [1.82, 2.24) is 4.57 Å². The highest BCUT2D eigenvalue weighted by atomic mass is 32.1. The number of benzene rings is 1. The monoisotopic (exact) mass is 352 g/mol. The molecule has 0 saturated heterocycles. The Morgan fingerprint density at radius 3 is 3.00 bits per heavy atom. The number of aromatic hydroxyl groups is 1. The molecule has 0 spiro atoms. The Morgan fingerprint density at radius 2 is 2.30 bits per heavy atom. The number of carboxylic acid groups (broad SMARTS) is 1. The minimum atomic E-state index is -1.01. The van der Waals surface area contributed by atoms with E-state index < -0.39 is 5.97 Å². The van der Waals surface area contributed by atoms with Crippen molar-refractivity contribution in [3.05, 3.63) is 38.7 Å². The lowest BCUT2D eigenvalue weighted by molar-refractivity contribution is 0.0697. The molecule has 2 N–H and O–H groups in total. The quantitative estimate of drug-likeness (QED) is 0.453. The summed E-state index contributed by atoms with van der Waals surface area (Å²) in [6, 6.07) is 6.27. The molecule has 1 aromatic carbocycles. The van der Waals surface area contributed by atoms with Crippen LogP contribution >= 0.6 is 23.6 Å². The summed E-state index contributed by atoms with van der Waals surface area (Å²) in [5.41, 5.74) is 0.656. The highest BCUT2D eigenvalue weighted by Crippen LogP contribution is 2.25. The second kappa shape index (κ2) is 8.00. The Hall–Kier alpha value is -2.03. The van der Waals surface area contributed by atoms with Gasteiger partial charge in [-0.05, 0) is 36.8 Å². The van der Waals surface area contributed by atoms with Gasteiger partial charge in [-0.15, -0.1) is 0 Å². The lowest BCUT2D eigenvalue weighted by Crippen LogP contribution is -2.00. The Kier molecular flexibility index (Phi) is 6.03. The van der Waals surface area contributed by atoms with Crippen LogP contribution in [0.15, 0.2) is 29.3 Å². The number of thiazole rings is 1. The molecule has 0 aliphatic heterocycles. The van der Waals surface area contributed by atoms with Crippen molar-refractivity contribution in [1.29, 1.82) is 0 Å². The summed E-state index contributed by atoms with van der Waals surface area (Å²) >= 11 is 6.49. The SMILES string of the molecule is COCCCn1c(O)c(C=Nc2cccc(C(=O)O)c2)sc1=S. The molecule has 23 heavy (non-hydrogen) atoms. The first-order valence-corrected chi connectivity index (χ1v) is 8.04. The van der Waals surface area contributed by atoms with Crippen molar-refractivity contribution in [3.63, 3.8) is 0 Å². The minimum absolute atomic E-state index is 0.0641. The van der Waals surface area contributed by atoms with E-state index in [1.165, 1.54) is 29.7 Å². The molecule has 0 aliphatic carbocycles. The van der Waals surface area contributed by atoms with Crippen LogP contribution in [0.5, 0.6) is 5.88 Å². The van der Waals surface area contributed by atoms with Crippen molar-refractivity contribution in [2.75, 3.05) is 13.7 Å². The van der Waals surface area contributed by atoms with Gasteiger partial charge in [-0.2, -0.15) is 0 Å². The van der Waals surface area contributed by atoms with Crippen LogP contribution in [0.2, 0.25) is 0 Å². The standard InChI is InChI=1S/C15H16N2O4S2/c1-21-7-3-6-17-13(18)12(23-15(17)22)9-16-11-5-2-4-10(8-11)14(19)20/h2,4-5,8-9,18H,3,6-7H2,1H3,(H,19,20). The maximum Gasteiger partial charge on any atom is 0.335 e. The first kappa shape index (κ1) is 17.3. The first-order chi connectivity index (χ1) is 11.0. The second-order valence-electron chi connectivity index (χ2n) is 4.67. The van der Waals surface area contributed by atoms with E-state index in [0.717, 1.165) is 6.42 Å². The van der Waals surface area contributed by atoms with Crippen molar-refractivity contribution in [2.24, 2.45) is 4.99 Å². The predicted molar refractivity (Wildman–Crippen MR) is 92.0 cm³/mol. The van der Waals surface area contributed by atoms with Gasteiger partial charge in [0.1, 0.15) is 4.88 Å². The summed E-state index contributed by atoms with van der Waals surface area (Å²) in [4.78, 5) is 15.7. The van der Waals surface area contributed by atoms with E-state index in [1.807, 2.05) is 0 Å². The number of hydrogen-bond acceptors (Lipinski definition) is 6. The molecule has 1 aromatic heterocycles. The Morgan fingerprint density at radius 1 is 1.52 bits per heavy atom. The van der Waals surface area contributed by atoms with Gasteiger partial charge in [-0.1, -0.05) is 17.4 Å². The number of aromatic nitrogens is 1. The van der Waals surface area contributed by atoms with Crippen molar-refractivity contribution in [3.8, 4) is 5.88 Å². The van der Waals surface area contributed by atoms with Gasteiger partial charge >= 0.3 is 5.97 Å². The average molecular weight is 352 g/mol. The number of hydrogen-bond donors (Lipinski definition) is 2. The molecule has 0 aliphatic rings. The summed E-state index contributed by atoms with van der Waals surface area (Å²) in [6.45, 7) is 1.15. The first-order valence-electron chi connectivity index (χ1n) is 6.82. The van der Waals surface area contributed by atoms with Crippen LogP contribution in [0, 0.1) is 3.95 Å². The van der Waals surface area contributed by atoms with Crippen LogP contribution in [-0.2, 0) is 11.3 Å². The zero-order chi connectivity index (χ0) is 16.8. The third-order valence-electron chi connectivity index (χ3n) is 3.05. The van der Waals surface area contributed by atoms with E-state index in [4.69, 9.17) is 22.1 Å². The molecule has 1 heterocycles. The van der Waals surface area contributed by atoms with E-state index in [2.05, 4.69) is 4.99 Å². The Bertz CT molecular complexity index is 780. The molecule has 0 bridgehead atoms. The number of nitrogens with zero attached hydrogens (tertiary/aromatic N) is 2. The molecule has 0 fully saturated rings. The van der Waals surface area contributed by atoms with Gasteiger partial charge in [0, 0.05) is 20.3 Å². The van der Waals surface area contributed by atoms with Crippen LogP contribution in [0.1, 0.15) is 21.7 Å². The van der Waals surface area contributed by atoms with Crippen LogP contribution in [0.4, 0.5) is 5.69 Å². The zero-order valence-electron chi connectivity index (χ0n) is 12.4. The number of rotatable bonds is 7. The third-order valence-corrected chi connectivity index (χ3v) is 4.42. The molecule has 0 saturated carbocycles. The van der Waals surface area contributed by atoms with Crippen LogP contribution in [0.25, 0.3) is 0 Å². The highest BCUT2D eigenvalue weighted by molar-refractivity contribution is 7.73. The number of aromatic carboxylic acids is 1. The number of ether oxygens (including phenoxy) is 1. The van der Waals surface area contributed by atoms with E-state index >= 15 is 0 Å². The Labute approximate surface area is 142 Å². The number of methoxy groups -OCH3 is 1. The fourth-order valence-electron chi connectivity index (χ4n) is 1.91. The summed E-state index contributed by atoms with van der Waals surface area (Å²) < 4.78 is 7.17. The highest BCUT2D eigenvalue weighted by Gasteiger charge is 2.10. The van der Waals surface area contributed by atoms with E-state index in [0.29, 0.717) is 27.7 Å². The molecule has 122 valence electrons. The molecule has 6 nitrogen and oxygen atoms in total. The van der Waals surface area contributed by atoms with Gasteiger partial charge in [-0.3, -0.25) is 9.56 Å². The maximum atomic E-state index is 10.9. The Balaban J connectivity index is 2.20. The largest absolute Gasteiger partial charge is 0.493 e. The van der Waals surface area contributed by atoms with Crippen molar-refractivity contribution >= 4 is 41.4 Å². The summed E-state index contributed by atoms with van der Waals surface area (Å²) in [6.07, 6.45) is 2.23. The number of carbonyl (C=O) groups is 1. The van der Waals surface area contributed by atoms with Gasteiger partial charge in [0.15, 0.2) is 3.95 Å². The fourth-order valence-corrected chi connectivity index (χ4v) is 3.15. The van der Waals surface area contributed by atoms with Gasteiger partial charge < -0.3 is 14.9 Å². The molecule has 0 atom stereocenters. The summed E-state index contributed by atoms with van der Waals surface area (Å²) in [7, 11) is 1.62. The third kappa shape index (κ3) is 4.47. The number of aliphatic imine (C=N–C) groups is 1. The van der Waals surface area contributed by atoms with Gasteiger partial charge in [0.25, 0.3) is 0 Å². The zero-order valence-corrected chi connectivity index (χ0v) is 14.1. The maximum absolute atomic E-state index is 10.9. The van der Waals surface area contributed by atoms with Gasteiger partial charge in [-0.25, -0.2) is 4.79 Å². The molecule has 2 rings (SSSR count). The van der Waals surface area contributed by atoms with Gasteiger partial charge in [0.2, 0.25) is 5.88 Å². The molecule has 8 heteroatoms. The lowest BCUT2D eigenvalue weighted by Gasteiger charge is -2.03. The molecular formula is C15H16N2O4S2. The van der Waals surface area contributed by atoms with Crippen LogP contribution in [-0.4, -0.2) is 40.7 Å². The van der Waals surface area contributed by atoms with Crippen LogP contribution < -0.4 is 0 Å². The van der Waals surface area contributed by atoms with Gasteiger partial charge in [0.05, 0.1) is 17.5 Å². The smallest absolute Gasteiger partial charge is 0.335 e. The van der Waals surface area contributed by atoms with E-state index in [9.17, 15) is 9.90 Å². The normalized spacial score (nSPS) is 11.2. The molecule has 0 amide bonds.